The van der Waals surface area contributed by atoms with Gasteiger partial charge in [0.1, 0.15) is 0 Å². The third-order valence-electron chi connectivity index (χ3n) is 7.83. The summed E-state index contributed by atoms with van der Waals surface area (Å²) in [6.07, 6.45) is 0. The Balaban J connectivity index is 1.24. The first kappa shape index (κ1) is 23.0. The molecule has 8 aromatic rings. The summed E-state index contributed by atoms with van der Waals surface area (Å²) in [6, 6.07) is 54.9. The van der Waals surface area contributed by atoms with Crippen molar-refractivity contribution in [3.63, 3.8) is 0 Å². The molecule has 1 heterocycles. The Labute approximate surface area is 237 Å². The number of para-hydroxylation sites is 1. The lowest BCUT2D eigenvalue weighted by Gasteiger charge is -2.25. The predicted octanol–water partition coefficient (Wildman–Crippen LogP) is 11.5. The van der Waals surface area contributed by atoms with Gasteiger partial charge in [-0.3, -0.25) is 0 Å². The van der Waals surface area contributed by atoms with E-state index in [-0.39, 0.29) is 0 Å². The van der Waals surface area contributed by atoms with Crippen molar-refractivity contribution in [2.24, 2.45) is 0 Å². The van der Waals surface area contributed by atoms with Gasteiger partial charge in [-0.05, 0) is 81.2 Å². The van der Waals surface area contributed by atoms with Crippen LogP contribution in [0.5, 0.6) is 0 Å². The van der Waals surface area contributed by atoms with E-state index in [4.69, 9.17) is 0 Å². The van der Waals surface area contributed by atoms with Gasteiger partial charge in [0.15, 0.2) is 0 Å². The normalized spacial score (nSPS) is 11.5. The zero-order chi connectivity index (χ0) is 26.5. The summed E-state index contributed by atoms with van der Waals surface area (Å²) in [5, 5.41) is 7.82. The maximum Gasteiger partial charge on any atom is 0.0476 e. The number of hydrogen-bond donors (Lipinski definition) is 0. The second-order valence-electron chi connectivity index (χ2n) is 10.2. The molecular weight excluding hydrogens is 502 g/mol. The molecule has 1 nitrogen and oxygen atoms in total. The largest absolute Gasteiger partial charge is 0.310 e. The molecule has 0 aliphatic heterocycles. The van der Waals surface area contributed by atoms with Crippen LogP contribution in [-0.4, -0.2) is 0 Å². The number of anilines is 3. The minimum atomic E-state index is 1.14. The van der Waals surface area contributed by atoms with E-state index in [9.17, 15) is 0 Å². The second-order valence-corrected chi connectivity index (χ2v) is 11.3. The van der Waals surface area contributed by atoms with Crippen molar-refractivity contribution in [2.45, 2.75) is 0 Å². The van der Waals surface area contributed by atoms with Crippen molar-refractivity contribution in [1.82, 2.24) is 0 Å². The molecule has 40 heavy (non-hydrogen) atoms. The average Bonchev–Trinajstić information content (AvgIpc) is 3.40. The molecule has 188 valence electrons. The van der Waals surface area contributed by atoms with Crippen LogP contribution in [0.15, 0.2) is 152 Å². The molecule has 7 aromatic carbocycles. The van der Waals surface area contributed by atoms with Crippen molar-refractivity contribution in [1.29, 1.82) is 0 Å². The molecule has 2 heteroatoms. The predicted molar refractivity (Wildman–Crippen MR) is 174 cm³/mol. The molecule has 0 aliphatic carbocycles. The first-order chi connectivity index (χ1) is 19.8. The fourth-order valence-corrected chi connectivity index (χ4v) is 7.02. The van der Waals surface area contributed by atoms with Crippen LogP contribution in [0.4, 0.5) is 17.1 Å². The lowest BCUT2D eigenvalue weighted by atomic mass is 10.0. The molecule has 0 radical (unpaired) electrons. The van der Waals surface area contributed by atoms with Gasteiger partial charge >= 0.3 is 0 Å². The molecule has 0 atom stereocenters. The third kappa shape index (κ3) is 3.85. The van der Waals surface area contributed by atoms with Gasteiger partial charge in [-0.15, -0.1) is 11.3 Å². The maximum atomic E-state index is 2.35. The fourth-order valence-electron chi connectivity index (χ4n) is 5.87. The Kier molecular flexibility index (Phi) is 5.39. The first-order valence-corrected chi connectivity index (χ1v) is 14.4. The molecule has 0 saturated heterocycles. The smallest absolute Gasteiger partial charge is 0.0476 e. The minimum absolute atomic E-state index is 1.14. The molecule has 0 spiro atoms. The van der Waals surface area contributed by atoms with Crippen LogP contribution in [0.2, 0.25) is 0 Å². The van der Waals surface area contributed by atoms with Crippen LogP contribution in [0.1, 0.15) is 0 Å². The topological polar surface area (TPSA) is 3.24 Å². The van der Waals surface area contributed by atoms with E-state index in [0.29, 0.717) is 0 Å². The highest BCUT2D eigenvalue weighted by Crippen LogP contribution is 2.42. The molecule has 0 N–H and O–H groups in total. The Bertz CT molecular complexity index is 2160. The highest BCUT2D eigenvalue weighted by atomic mass is 32.1. The standard InChI is InChI=1S/C38H25NS/c1-2-11-31(12-3-1)39(32-19-16-27(17-20-32)30-15-14-26-8-4-5-10-29(26)24-30)33-21-22-35-37(25-33)40-36-23-18-28-9-6-7-13-34(28)38(35)36/h1-25H. The van der Waals surface area contributed by atoms with Crippen LogP contribution >= 0.6 is 11.3 Å². The number of nitrogens with zero attached hydrogens (tertiary/aromatic N) is 1. The molecular formula is C38H25NS. The van der Waals surface area contributed by atoms with Crippen LogP contribution in [0.3, 0.4) is 0 Å². The first-order valence-electron chi connectivity index (χ1n) is 13.6. The van der Waals surface area contributed by atoms with Crippen LogP contribution in [-0.2, 0) is 0 Å². The molecule has 8 rings (SSSR count). The summed E-state index contributed by atoms with van der Waals surface area (Å²) < 4.78 is 2.63. The van der Waals surface area contributed by atoms with Crippen LogP contribution in [0, 0.1) is 0 Å². The average molecular weight is 528 g/mol. The summed E-state index contributed by atoms with van der Waals surface area (Å²) >= 11 is 1.87. The molecule has 1 aromatic heterocycles. The molecule has 0 unspecified atom stereocenters. The third-order valence-corrected chi connectivity index (χ3v) is 8.94. The number of thiophene rings is 1. The van der Waals surface area contributed by atoms with E-state index in [2.05, 4.69) is 157 Å². The van der Waals surface area contributed by atoms with E-state index >= 15 is 0 Å². The molecule has 0 saturated carbocycles. The molecule has 0 bridgehead atoms. The summed E-state index contributed by atoms with van der Waals surface area (Å²) in [5.41, 5.74) is 5.89. The van der Waals surface area contributed by atoms with Gasteiger partial charge in [-0.25, -0.2) is 0 Å². The number of benzene rings is 7. The van der Waals surface area contributed by atoms with Gasteiger partial charge in [0.05, 0.1) is 0 Å². The summed E-state index contributed by atoms with van der Waals surface area (Å²) in [6.45, 7) is 0. The molecule has 0 aliphatic rings. The zero-order valence-corrected chi connectivity index (χ0v) is 22.6. The van der Waals surface area contributed by atoms with Crippen LogP contribution in [0.25, 0.3) is 52.8 Å². The van der Waals surface area contributed by atoms with Crippen molar-refractivity contribution >= 4 is 70.1 Å². The Hall–Kier alpha value is -4.92. The lowest BCUT2D eigenvalue weighted by Crippen LogP contribution is -2.09. The monoisotopic (exact) mass is 527 g/mol. The van der Waals surface area contributed by atoms with E-state index < -0.39 is 0 Å². The van der Waals surface area contributed by atoms with E-state index in [1.165, 1.54) is 52.8 Å². The number of hydrogen-bond acceptors (Lipinski definition) is 2. The zero-order valence-electron chi connectivity index (χ0n) is 21.8. The van der Waals surface area contributed by atoms with E-state index in [1.807, 2.05) is 11.3 Å². The second kappa shape index (κ2) is 9.37. The summed E-state index contributed by atoms with van der Waals surface area (Å²) in [5.74, 6) is 0. The van der Waals surface area contributed by atoms with Gasteiger partial charge in [-0.2, -0.15) is 0 Å². The lowest BCUT2D eigenvalue weighted by molar-refractivity contribution is 1.29. The highest BCUT2D eigenvalue weighted by molar-refractivity contribution is 7.26. The summed E-state index contributed by atoms with van der Waals surface area (Å²) in [4.78, 5) is 2.35. The van der Waals surface area contributed by atoms with Gasteiger partial charge < -0.3 is 4.90 Å². The Morgan fingerprint density at radius 1 is 0.375 bits per heavy atom. The maximum absolute atomic E-state index is 2.35. The van der Waals surface area contributed by atoms with E-state index in [0.717, 1.165) is 17.1 Å². The fraction of sp³-hybridized carbons (Fsp3) is 0. The molecule has 0 amide bonds. The van der Waals surface area contributed by atoms with Crippen molar-refractivity contribution in [3.05, 3.63) is 152 Å². The SMILES string of the molecule is c1ccc(N(c2ccc(-c3ccc4ccccc4c3)cc2)c2ccc3c(c2)sc2ccc4ccccc4c23)cc1. The van der Waals surface area contributed by atoms with Crippen molar-refractivity contribution in [3.8, 4) is 11.1 Å². The van der Waals surface area contributed by atoms with Crippen molar-refractivity contribution < 1.29 is 0 Å². The Morgan fingerprint density at radius 2 is 1.02 bits per heavy atom. The van der Waals surface area contributed by atoms with Gasteiger partial charge in [-0.1, -0.05) is 103 Å². The number of rotatable bonds is 4. The quantitative estimate of drug-likeness (QED) is 0.220. The molecule has 0 fully saturated rings. The van der Waals surface area contributed by atoms with Crippen molar-refractivity contribution in [2.75, 3.05) is 4.90 Å². The Morgan fingerprint density at radius 3 is 1.88 bits per heavy atom. The van der Waals surface area contributed by atoms with E-state index in [1.54, 1.807) is 0 Å². The van der Waals surface area contributed by atoms with Crippen LogP contribution < -0.4 is 4.90 Å². The minimum Gasteiger partial charge on any atom is -0.310 e. The van der Waals surface area contributed by atoms with Gasteiger partial charge in [0.25, 0.3) is 0 Å². The highest BCUT2D eigenvalue weighted by Gasteiger charge is 2.15. The van der Waals surface area contributed by atoms with Gasteiger partial charge in [0, 0.05) is 37.2 Å². The number of fused-ring (bicyclic) bond motifs is 6. The van der Waals surface area contributed by atoms with Gasteiger partial charge in [0.2, 0.25) is 0 Å². The summed E-state index contributed by atoms with van der Waals surface area (Å²) in [7, 11) is 0.